The smallest absolute Gasteiger partial charge is 0.307 e. The van der Waals surface area contributed by atoms with Crippen LogP contribution in [-0.2, 0) is 0 Å². The summed E-state index contributed by atoms with van der Waals surface area (Å²) in [6, 6.07) is 0. The molecule has 0 aromatic carbocycles. The van der Waals surface area contributed by atoms with Crippen LogP contribution in [0.5, 0.6) is 0 Å². The first-order valence-electron chi connectivity index (χ1n) is 4.30. The molecule has 0 bridgehead atoms. The Kier molecular flexibility index (Phi) is 3.06. The number of aromatic nitrogens is 1. The van der Waals surface area contributed by atoms with Crippen LogP contribution in [0, 0.1) is 12.8 Å². The van der Waals surface area contributed by atoms with E-state index in [4.69, 9.17) is 4.42 Å². The lowest BCUT2D eigenvalue weighted by molar-refractivity contribution is 0.0913. The van der Waals surface area contributed by atoms with Gasteiger partial charge >= 0.3 is 5.91 Å². The maximum atomic E-state index is 11.3. The van der Waals surface area contributed by atoms with E-state index >= 15 is 0 Å². The van der Waals surface area contributed by atoms with Crippen molar-refractivity contribution in [1.82, 2.24) is 10.3 Å². The third-order valence-electron chi connectivity index (χ3n) is 1.49. The van der Waals surface area contributed by atoms with Gasteiger partial charge in [0.25, 0.3) is 5.89 Å². The number of carbonyl (C=O) groups is 1. The van der Waals surface area contributed by atoms with Gasteiger partial charge in [-0.3, -0.25) is 4.79 Å². The van der Waals surface area contributed by atoms with Crippen LogP contribution in [0.4, 0.5) is 0 Å². The number of nitrogens with one attached hydrogen (secondary N) is 1. The van der Waals surface area contributed by atoms with Gasteiger partial charge < -0.3 is 9.73 Å². The van der Waals surface area contributed by atoms with Crippen molar-refractivity contribution in [2.45, 2.75) is 20.8 Å². The predicted octanol–water partition coefficient (Wildman–Crippen LogP) is 1.37. The highest BCUT2D eigenvalue weighted by Gasteiger charge is 2.11. The fraction of sp³-hybridized carbons (Fsp3) is 0.556. The maximum absolute atomic E-state index is 11.3. The average molecular weight is 182 g/mol. The molecule has 1 amide bonds. The van der Waals surface area contributed by atoms with E-state index < -0.39 is 0 Å². The minimum atomic E-state index is -0.248. The van der Waals surface area contributed by atoms with Gasteiger partial charge in [-0.25, -0.2) is 4.98 Å². The molecule has 0 aliphatic carbocycles. The molecule has 4 nitrogen and oxygen atoms in total. The first kappa shape index (κ1) is 9.77. The van der Waals surface area contributed by atoms with Gasteiger partial charge in [-0.2, -0.15) is 0 Å². The number of amides is 1. The molecule has 72 valence electrons. The Morgan fingerprint density at radius 2 is 2.38 bits per heavy atom. The van der Waals surface area contributed by atoms with Crippen LogP contribution in [0.25, 0.3) is 0 Å². The van der Waals surface area contributed by atoms with Crippen molar-refractivity contribution in [2.24, 2.45) is 5.92 Å². The van der Waals surface area contributed by atoms with E-state index in [9.17, 15) is 4.79 Å². The van der Waals surface area contributed by atoms with Gasteiger partial charge in [-0.1, -0.05) is 13.8 Å². The molecule has 0 saturated heterocycles. The molecule has 0 fully saturated rings. The Balaban J connectivity index is 2.49. The molecule has 1 heterocycles. The summed E-state index contributed by atoms with van der Waals surface area (Å²) in [7, 11) is 0. The van der Waals surface area contributed by atoms with E-state index in [2.05, 4.69) is 10.3 Å². The number of nitrogens with zero attached hydrogens (tertiary/aromatic N) is 1. The van der Waals surface area contributed by atoms with Crippen LogP contribution in [0.2, 0.25) is 0 Å². The van der Waals surface area contributed by atoms with Gasteiger partial charge in [-0.05, 0) is 12.8 Å². The first-order valence-corrected chi connectivity index (χ1v) is 4.30. The lowest BCUT2D eigenvalue weighted by Crippen LogP contribution is -2.27. The summed E-state index contributed by atoms with van der Waals surface area (Å²) in [4.78, 5) is 15.1. The van der Waals surface area contributed by atoms with Crippen molar-refractivity contribution in [3.05, 3.63) is 17.8 Å². The van der Waals surface area contributed by atoms with Gasteiger partial charge in [0.2, 0.25) is 0 Å². The third-order valence-corrected chi connectivity index (χ3v) is 1.49. The minimum absolute atomic E-state index is 0.137. The molecule has 13 heavy (non-hydrogen) atoms. The Morgan fingerprint density at radius 1 is 1.69 bits per heavy atom. The standard InChI is InChI=1S/C9H14N2O2/c1-6(2)4-10-8(12)9-11-5-7(3)13-9/h5-6H,4H2,1-3H3,(H,10,12). The van der Waals surface area contributed by atoms with E-state index in [0.29, 0.717) is 18.2 Å². The zero-order valence-corrected chi connectivity index (χ0v) is 8.13. The molecule has 1 aromatic rings. The Hall–Kier alpha value is -1.32. The van der Waals surface area contributed by atoms with Crippen molar-refractivity contribution in [1.29, 1.82) is 0 Å². The highest BCUT2D eigenvalue weighted by atomic mass is 16.4. The van der Waals surface area contributed by atoms with Crippen LogP contribution >= 0.6 is 0 Å². The summed E-state index contributed by atoms with van der Waals surface area (Å²) < 4.78 is 5.05. The highest BCUT2D eigenvalue weighted by Crippen LogP contribution is 2.01. The first-order chi connectivity index (χ1) is 6.09. The Morgan fingerprint density at radius 3 is 2.85 bits per heavy atom. The SMILES string of the molecule is Cc1cnc(C(=O)NCC(C)C)o1. The van der Waals surface area contributed by atoms with Crippen molar-refractivity contribution >= 4 is 5.91 Å². The molecule has 0 aliphatic heterocycles. The van der Waals surface area contributed by atoms with Crippen LogP contribution in [0.15, 0.2) is 10.6 Å². The van der Waals surface area contributed by atoms with E-state index in [0.717, 1.165) is 0 Å². The molecule has 1 N–H and O–H groups in total. The van der Waals surface area contributed by atoms with Crippen LogP contribution in [-0.4, -0.2) is 17.4 Å². The van der Waals surface area contributed by atoms with Crippen LogP contribution < -0.4 is 5.32 Å². The summed E-state index contributed by atoms with van der Waals surface area (Å²) in [6.07, 6.45) is 1.53. The van der Waals surface area contributed by atoms with Gasteiger partial charge in [0.15, 0.2) is 0 Å². The highest BCUT2D eigenvalue weighted by molar-refractivity contribution is 5.89. The van der Waals surface area contributed by atoms with Gasteiger partial charge in [0.05, 0.1) is 6.20 Å². The number of oxazole rings is 1. The molecule has 0 aliphatic rings. The second-order valence-corrected chi connectivity index (χ2v) is 3.38. The van der Waals surface area contributed by atoms with E-state index in [1.54, 1.807) is 6.92 Å². The van der Waals surface area contributed by atoms with Crippen molar-refractivity contribution in [3.63, 3.8) is 0 Å². The number of hydrogen-bond donors (Lipinski definition) is 1. The van der Waals surface area contributed by atoms with Crippen LogP contribution in [0.3, 0.4) is 0 Å². The molecule has 0 atom stereocenters. The molecule has 0 radical (unpaired) electrons. The second kappa shape index (κ2) is 4.07. The molecule has 4 heteroatoms. The second-order valence-electron chi connectivity index (χ2n) is 3.38. The molecular formula is C9H14N2O2. The molecule has 0 unspecified atom stereocenters. The lowest BCUT2D eigenvalue weighted by Gasteiger charge is -2.04. The number of carbonyl (C=O) groups excluding carboxylic acids is 1. The summed E-state index contributed by atoms with van der Waals surface area (Å²) in [5.74, 6) is 0.967. The largest absolute Gasteiger partial charge is 0.438 e. The molecule has 0 spiro atoms. The minimum Gasteiger partial charge on any atom is -0.438 e. The number of rotatable bonds is 3. The monoisotopic (exact) mass is 182 g/mol. The van der Waals surface area contributed by atoms with E-state index in [1.165, 1.54) is 6.20 Å². The Labute approximate surface area is 77.3 Å². The normalized spacial score (nSPS) is 10.5. The van der Waals surface area contributed by atoms with Crippen molar-refractivity contribution < 1.29 is 9.21 Å². The molecular weight excluding hydrogens is 168 g/mol. The van der Waals surface area contributed by atoms with Gasteiger partial charge in [0.1, 0.15) is 5.76 Å². The zero-order valence-electron chi connectivity index (χ0n) is 8.13. The lowest BCUT2D eigenvalue weighted by atomic mass is 10.2. The van der Waals surface area contributed by atoms with Crippen LogP contribution in [0.1, 0.15) is 30.3 Å². The zero-order chi connectivity index (χ0) is 9.84. The van der Waals surface area contributed by atoms with Gasteiger partial charge in [0, 0.05) is 6.54 Å². The van der Waals surface area contributed by atoms with Gasteiger partial charge in [-0.15, -0.1) is 0 Å². The van der Waals surface area contributed by atoms with Crippen molar-refractivity contribution in [2.75, 3.05) is 6.54 Å². The molecule has 1 aromatic heterocycles. The predicted molar refractivity (Wildman–Crippen MR) is 48.4 cm³/mol. The summed E-state index contributed by atoms with van der Waals surface area (Å²) in [6.45, 7) is 6.45. The summed E-state index contributed by atoms with van der Waals surface area (Å²) in [5, 5.41) is 2.72. The Bertz CT molecular complexity index is 292. The van der Waals surface area contributed by atoms with E-state index in [1.807, 2.05) is 13.8 Å². The summed E-state index contributed by atoms with van der Waals surface area (Å²) in [5.41, 5.74) is 0. The number of hydrogen-bond acceptors (Lipinski definition) is 3. The fourth-order valence-corrected chi connectivity index (χ4v) is 0.832. The fourth-order valence-electron chi connectivity index (χ4n) is 0.832. The van der Waals surface area contributed by atoms with Crippen molar-refractivity contribution in [3.8, 4) is 0 Å². The topological polar surface area (TPSA) is 55.1 Å². The maximum Gasteiger partial charge on any atom is 0.307 e. The average Bonchev–Trinajstić information content (AvgIpc) is 2.47. The third kappa shape index (κ3) is 2.89. The van der Waals surface area contributed by atoms with E-state index in [-0.39, 0.29) is 11.8 Å². The molecule has 0 saturated carbocycles. The quantitative estimate of drug-likeness (QED) is 0.768. The molecule has 1 rings (SSSR count). The number of aryl methyl sites for hydroxylation is 1. The summed E-state index contributed by atoms with van der Waals surface area (Å²) >= 11 is 0.